The molecule has 0 amide bonds. The monoisotopic (exact) mass is 285 g/mol. The third kappa shape index (κ3) is 2.48. The third-order valence-electron chi connectivity index (χ3n) is 3.36. The van der Waals surface area contributed by atoms with Gasteiger partial charge in [-0.3, -0.25) is 0 Å². The van der Waals surface area contributed by atoms with Crippen LogP contribution >= 0.6 is 0 Å². The minimum atomic E-state index is -0.372. The van der Waals surface area contributed by atoms with Gasteiger partial charge in [0.1, 0.15) is 17.2 Å². The van der Waals surface area contributed by atoms with E-state index in [2.05, 4.69) is 10.2 Å². The molecule has 3 aromatic rings. The molecule has 1 aromatic heterocycles. The average molecular weight is 285 g/mol. The Labute approximate surface area is 120 Å². The fourth-order valence-electron chi connectivity index (χ4n) is 2.48. The average Bonchev–Trinajstić information content (AvgIpc) is 2.48. The fraction of sp³-hybridized carbons (Fsp3) is 0.125. The summed E-state index contributed by atoms with van der Waals surface area (Å²) in [6, 6.07) is 9.15. The highest BCUT2D eigenvalue weighted by Gasteiger charge is 2.15. The van der Waals surface area contributed by atoms with Gasteiger partial charge in [-0.15, -0.1) is 5.10 Å². The molecule has 3 nitrogen and oxygen atoms in total. The summed E-state index contributed by atoms with van der Waals surface area (Å²) in [5.74, 6) is -0.726. The lowest BCUT2D eigenvalue weighted by Crippen LogP contribution is -2.06. The predicted molar refractivity (Wildman–Crippen MR) is 77.6 cm³/mol. The molecule has 0 aliphatic carbocycles. The second-order valence-electron chi connectivity index (χ2n) is 4.74. The predicted octanol–water partition coefficient (Wildman–Crippen LogP) is 3.08. The summed E-state index contributed by atoms with van der Waals surface area (Å²) < 4.78 is 27.7. The normalized spacial score (nSPS) is 11.0. The number of hydrogen-bond acceptors (Lipinski definition) is 3. The van der Waals surface area contributed by atoms with Gasteiger partial charge in [0, 0.05) is 10.9 Å². The van der Waals surface area contributed by atoms with E-state index >= 15 is 0 Å². The van der Waals surface area contributed by atoms with E-state index in [0.717, 1.165) is 0 Å². The first kappa shape index (κ1) is 13.6. The molecule has 0 radical (unpaired) electrons. The molecule has 106 valence electrons. The summed E-state index contributed by atoms with van der Waals surface area (Å²) in [6.45, 7) is 0.369. The van der Waals surface area contributed by atoms with Crippen LogP contribution in [0.15, 0.2) is 42.6 Å². The maximum absolute atomic E-state index is 14.2. The van der Waals surface area contributed by atoms with Gasteiger partial charge in [0.2, 0.25) is 0 Å². The van der Waals surface area contributed by atoms with Gasteiger partial charge in [0.15, 0.2) is 0 Å². The number of nitrogens with two attached hydrogens (primary N) is 1. The molecule has 0 saturated heterocycles. The molecule has 5 heteroatoms. The van der Waals surface area contributed by atoms with Crippen molar-refractivity contribution in [2.45, 2.75) is 6.42 Å². The summed E-state index contributed by atoms with van der Waals surface area (Å²) in [6.07, 6.45) is 1.92. The van der Waals surface area contributed by atoms with Gasteiger partial charge in [-0.2, -0.15) is 5.10 Å². The van der Waals surface area contributed by atoms with Crippen molar-refractivity contribution >= 4 is 10.9 Å². The molecular weight excluding hydrogens is 272 g/mol. The highest BCUT2D eigenvalue weighted by Crippen LogP contribution is 2.32. The lowest BCUT2D eigenvalue weighted by molar-refractivity contribution is 0.628. The van der Waals surface area contributed by atoms with E-state index < -0.39 is 0 Å². The number of rotatable bonds is 3. The molecule has 0 spiro atoms. The molecule has 21 heavy (non-hydrogen) atoms. The van der Waals surface area contributed by atoms with Crippen molar-refractivity contribution in [3.8, 4) is 11.1 Å². The highest BCUT2D eigenvalue weighted by molar-refractivity contribution is 5.95. The highest BCUT2D eigenvalue weighted by atomic mass is 19.1. The molecule has 0 unspecified atom stereocenters. The second kappa shape index (κ2) is 5.54. The number of benzene rings is 2. The zero-order valence-corrected chi connectivity index (χ0v) is 11.2. The molecule has 0 aliphatic rings. The topological polar surface area (TPSA) is 51.8 Å². The van der Waals surface area contributed by atoms with Crippen LogP contribution < -0.4 is 5.73 Å². The molecule has 2 N–H and O–H groups in total. The maximum atomic E-state index is 14.2. The third-order valence-corrected chi connectivity index (χ3v) is 3.36. The van der Waals surface area contributed by atoms with Crippen LogP contribution in [0.1, 0.15) is 5.56 Å². The Kier molecular flexibility index (Phi) is 3.58. The van der Waals surface area contributed by atoms with Gasteiger partial charge in [-0.25, -0.2) is 8.78 Å². The first-order chi connectivity index (χ1) is 10.2. The zero-order valence-electron chi connectivity index (χ0n) is 11.2. The van der Waals surface area contributed by atoms with Crippen molar-refractivity contribution < 1.29 is 8.78 Å². The quantitative estimate of drug-likeness (QED) is 0.804. The molecule has 2 aromatic carbocycles. The van der Waals surface area contributed by atoms with Gasteiger partial charge in [0.25, 0.3) is 0 Å². The van der Waals surface area contributed by atoms with Crippen LogP contribution in [-0.4, -0.2) is 16.7 Å². The van der Waals surface area contributed by atoms with Crippen LogP contribution in [0.2, 0.25) is 0 Å². The number of nitrogens with zero attached hydrogens (tertiary/aromatic N) is 2. The van der Waals surface area contributed by atoms with E-state index in [1.54, 1.807) is 18.2 Å². The maximum Gasteiger partial charge on any atom is 0.133 e. The van der Waals surface area contributed by atoms with E-state index in [1.807, 2.05) is 0 Å². The SMILES string of the molecule is NCCc1cc(F)c2ccnnc2c1-c1cccc(F)c1. The Morgan fingerprint density at radius 2 is 1.95 bits per heavy atom. The standard InChI is InChI=1S/C16H13F2N3/c17-12-3-1-2-10(8-12)15-11(4-6-19)9-14(18)13-5-7-20-21-16(13)15/h1-3,5,7-9H,4,6,19H2. The smallest absolute Gasteiger partial charge is 0.133 e. The van der Waals surface area contributed by atoms with Crippen LogP contribution in [0, 0.1) is 11.6 Å². The van der Waals surface area contributed by atoms with Crippen LogP contribution in [0.5, 0.6) is 0 Å². The van der Waals surface area contributed by atoms with Crippen LogP contribution in [0.4, 0.5) is 8.78 Å². The van der Waals surface area contributed by atoms with Crippen LogP contribution in [0.25, 0.3) is 22.0 Å². The van der Waals surface area contributed by atoms with Crippen molar-refractivity contribution in [3.63, 3.8) is 0 Å². The molecule has 0 saturated carbocycles. The molecular formula is C16H13F2N3. The zero-order chi connectivity index (χ0) is 14.8. The van der Waals surface area contributed by atoms with E-state index in [-0.39, 0.29) is 11.6 Å². The van der Waals surface area contributed by atoms with Gasteiger partial charge in [-0.1, -0.05) is 12.1 Å². The lowest BCUT2D eigenvalue weighted by Gasteiger charge is -2.12. The molecule has 0 bridgehead atoms. The minimum Gasteiger partial charge on any atom is -0.330 e. The Morgan fingerprint density at radius 1 is 1.10 bits per heavy atom. The minimum absolute atomic E-state index is 0.354. The van der Waals surface area contributed by atoms with Gasteiger partial charge in [0.05, 0.1) is 6.20 Å². The molecule has 0 aliphatic heterocycles. The second-order valence-corrected chi connectivity index (χ2v) is 4.74. The summed E-state index contributed by atoms with van der Waals surface area (Å²) in [4.78, 5) is 0. The van der Waals surface area contributed by atoms with Gasteiger partial charge < -0.3 is 5.73 Å². The summed E-state index contributed by atoms with van der Waals surface area (Å²) in [5.41, 5.74) is 8.05. The molecule has 1 heterocycles. The van der Waals surface area contributed by atoms with E-state index in [1.165, 1.54) is 24.4 Å². The van der Waals surface area contributed by atoms with Gasteiger partial charge in [-0.05, 0) is 48.4 Å². The van der Waals surface area contributed by atoms with E-state index in [9.17, 15) is 8.78 Å². The van der Waals surface area contributed by atoms with Crippen LogP contribution in [-0.2, 0) is 6.42 Å². The largest absolute Gasteiger partial charge is 0.330 e. The Balaban J connectivity index is 2.37. The molecule has 0 atom stereocenters. The number of fused-ring (bicyclic) bond motifs is 1. The van der Waals surface area contributed by atoms with Crippen molar-refractivity contribution in [1.29, 1.82) is 0 Å². The summed E-state index contributed by atoms with van der Waals surface area (Å²) in [7, 11) is 0. The van der Waals surface area contributed by atoms with Crippen molar-refractivity contribution in [2.75, 3.05) is 6.54 Å². The van der Waals surface area contributed by atoms with E-state index in [4.69, 9.17) is 5.73 Å². The molecule has 3 rings (SSSR count). The van der Waals surface area contributed by atoms with Crippen LogP contribution in [0.3, 0.4) is 0 Å². The number of halogens is 2. The number of aromatic nitrogens is 2. The lowest BCUT2D eigenvalue weighted by atomic mass is 9.94. The Morgan fingerprint density at radius 3 is 2.71 bits per heavy atom. The Bertz CT molecular complexity index is 803. The van der Waals surface area contributed by atoms with Crippen molar-refractivity contribution in [1.82, 2.24) is 10.2 Å². The first-order valence-corrected chi connectivity index (χ1v) is 6.59. The first-order valence-electron chi connectivity index (χ1n) is 6.59. The fourth-order valence-corrected chi connectivity index (χ4v) is 2.48. The summed E-state index contributed by atoms with van der Waals surface area (Å²) in [5, 5.41) is 8.23. The summed E-state index contributed by atoms with van der Waals surface area (Å²) >= 11 is 0. The number of hydrogen-bond donors (Lipinski definition) is 1. The van der Waals surface area contributed by atoms with Gasteiger partial charge >= 0.3 is 0 Å². The van der Waals surface area contributed by atoms with Crippen molar-refractivity contribution in [3.05, 3.63) is 59.8 Å². The molecule has 0 fully saturated rings. The Hall–Kier alpha value is -2.40. The van der Waals surface area contributed by atoms with E-state index in [0.29, 0.717) is 40.6 Å². The van der Waals surface area contributed by atoms with Crippen molar-refractivity contribution in [2.24, 2.45) is 5.73 Å².